The van der Waals surface area contributed by atoms with Gasteiger partial charge in [-0.25, -0.2) is 0 Å². The molecule has 0 spiro atoms. The van der Waals surface area contributed by atoms with E-state index in [1.807, 2.05) is 0 Å². The van der Waals surface area contributed by atoms with Crippen molar-refractivity contribution in [3.8, 4) is 11.5 Å². The fourth-order valence-electron chi connectivity index (χ4n) is 2.48. The van der Waals surface area contributed by atoms with Crippen LogP contribution in [0.2, 0.25) is 0 Å². The van der Waals surface area contributed by atoms with Crippen molar-refractivity contribution in [1.82, 2.24) is 0 Å². The van der Waals surface area contributed by atoms with Crippen LogP contribution < -0.4 is 9.47 Å². The smallest absolute Gasteiger partial charge is 0.316 e. The standard InChI is InChI=1S/C29H32O6/c1-28(2,3)26(32)34-24-15-9-20(10-16-24)7-13-22(30)19-23(31)14-8-21-11-17-25(18-12-21)35-27(33)29(4,5)6/h7-18H,19H2,1-6H3/b13-7+,14-8+. The van der Waals surface area contributed by atoms with Gasteiger partial charge in [0.25, 0.3) is 0 Å². The highest BCUT2D eigenvalue weighted by Gasteiger charge is 2.24. The fraction of sp³-hybridized carbons (Fsp3) is 0.310. The Kier molecular flexibility index (Phi) is 9.06. The highest BCUT2D eigenvalue weighted by atomic mass is 16.5. The minimum absolute atomic E-state index is 0.254. The normalized spacial score (nSPS) is 12.1. The molecule has 0 aromatic heterocycles. The van der Waals surface area contributed by atoms with Crippen molar-refractivity contribution in [3.05, 3.63) is 71.8 Å². The van der Waals surface area contributed by atoms with Crippen molar-refractivity contribution in [2.75, 3.05) is 0 Å². The molecular weight excluding hydrogens is 444 g/mol. The Morgan fingerprint density at radius 3 is 1.20 bits per heavy atom. The van der Waals surface area contributed by atoms with Gasteiger partial charge < -0.3 is 9.47 Å². The summed E-state index contributed by atoms with van der Waals surface area (Å²) in [6, 6.07) is 13.5. The van der Waals surface area contributed by atoms with E-state index in [1.165, 1.54) is 12.2 Å². The molecule has 0 radical (unpaired) electrons. The van der Waals surface area contributed by atoms with Crippen LogP contribution in [0.15, 0.2) is 60.7 Å². The van der Waals surface area contributed by atoms with Gasteiger partial charge in [0, 0.05) is 0 Å². The molecule has 0 heterocycles. The molecule has 184 valence electrons. The molecule has 0 saturated carbocycles. The maximum atomic E-state index is 12.1. The van der Waals surface area contributed by atoms with Gasteiger partial charge in [-0.3, -0.25) is 19.2 Å². The van der Waals surface area contributed by atoms with Crippen LogP contribution in [0.3, 0.4) is 0 Å². The summed E-state index contributed by atoms with van der Waals surface area (Å²) < 4.78 is 10.6. The van der Waals surface area contributed by atoms with Crippen LogP contribution in [0.25, 0.3) is 12.2 Å². The molecule has 0 aliphatic rings. The molecule has 2 rings (SSSR count). The second-order valence-corrected chi connectivity index (χ2v) is 10.2. The molecule has 0 unspecified atom stereocenters. The summed E-state index contributed by atoms with van der Waals surface area (Å²) in [6.45, 7) is 10.7. The minimum Gasteiger partial charge on any atom is -0.426 e. The molecule has 0 fully saturated rings. The zero-order valence-corrected chi connectivity index (χ0v) is 21.1. The van der Waals surface area contributed by atoms with Gasteiger partial charge in [-0.15, -0.1) is 0 Å². The van der Waals surface area contributed by atoms with Crippen LogP contribution in [-0.2, 0) is 19.2 Å². The fourth-order valence-corrected chi connectivity index (χ4v) is 2.48. The molecule has 0 aliphatic carbocycles. The van der Waals surface area contributed by atoms with E-state index in [0.717, 1.165) is 11.1 Å². The van der Waals surface area contributed by atoms with E-state index in [9.17, 15) is 19.2 Å². The van der Waals surface area contributed by atoms with Crippen molar-refractivity contribution in [3.63, 3.8) is 0 Å². The lowest BCUT2D eigenvalue weighted by Crippen LogP contribution is -2.25. The molecule has 35 heavy (non-hydrogen) atoms. The topological polar surface area (TPSA) is 86.7 Å². The predicted octanol–water partition coefficient (Wildman–Crippen LogP) is 5.84. The van der Waals surface area contributed by atoms with Gasteiger partial charge in [0.2, 0.25) is 0 Å². The van der Waals surface area contributed by atoms with Gasteiger partial charge in [0.05, 0.1) is 17.3 Å². The van der Waals surface area contributed by atoms with Crippen molar-refractivity contribution >= 4 is 35.7 Å². The summed E-state index contributed by atoms with van der Waals surface area (Å²) in [5.74, 6) is -0.465. The molecule has 0 saturated heterocycles. The van der Waals surface area contributed by atoms with E-state index in [0.29, 0.717) is 11.5 Å². The second kappa shape index (κ2) is 11.6. The molecule has 0 atom stereocenters. The van der Waals surface area contributed by atoms with E-state index in [4.69, 9.17) is 9.47 Å². The number of carbonyl (C=O) groups excluding carboxylic acids is 4. The Bertz CT molecular complexity index is 1030. The first kappa shape index (κ1) is 27.4. The maximum Gasteiger partial charge on any atom is 0.316 e. The van der Waals surface area contributed by atoms with Crippen LogP contribution in [0.5, 0.6) is 11.5 Å². The first-order valence-corrected chi connectivity index (χ1v) is 11.3. The highest BCUT2D eigenvalue weighted by molar-refractivity contribution is 6.10. The molecule has 6 heteroatoms. The van der Waals surface area contributed by atoms with E-state index in [2.05, 4.69) is 0 Å². The van der Waals surface area contributed by atoms with Gasteiger partial charge in [0.1, 0.15) is 11.5 Å². The molecule has 2 aromatic carbocycles. The molecule has 0 bridgehead atoms. The maximum absolute atomic E-state index is 12.1. The second-order valence-electron chi connectivity index (χ2n) is 10.2. The predicted molar refractivity (Wildman–Crippen MR) is 136 cm³/mol. The van der Waals surface area contributed by atoms with Gasteiger partial charge in [-0.05, 0) is 89.1 Å². The SMILES string of the molecule is CC(C)(C)C(=O)Oc1ccc(/C=C/C(=O)CC(=O)/C=C/c2ccc(OC(=O)C(C)(C)C)cc2)cc1. The number of hydrogen-bond acceptors (Lipinski definition) is 6. The largest absolute Gasteiger partial charge is 0.426 e. The van der Waals surface area contributed by atoms with Crippen LogP contribution in [0.4, 0.5) is 0 Å². The van der Waals surface area contributed by atoms with Crippen LogP contribution >= 0.6 is 0 Å². The summed E-state index contributed by atoms with van der Waals surface area (Å²) >= 11 is 0. The number of allylic oxidation sites excluding steroid dienone is 2. The molecule has 6 nitrogen and oxygen atoms in total. The third-order valence-electron chi connectivity index (χ3n) is 4.68. The van der Waals surface area contributed by atoms with Crippen LogP contribution in [-0.4, -0.2) is 23.5 Å². The average molecular weight is 477 g/mol. The third-order valence-corrected chi connectivity index (χ3v) is 4.68. The Balaban J connectivity index is 1.86. The number of esters is 2. The quantitative estimate of drug-likeness (QED) is 0.206. The Morgan fingerprint density at radius 1 is 0.600 bits per heavy atom. The Labute approximate surface area is 206 Å². The molecular formula is C29H32O6. The van der Waals surface area contributed by atoms with E-state index < -0.39 is 10.8 Å². The van der Waals surface area contributed by atoms with Crippen molar-refractivity contribution < 1.29 is 28.7 Å². The number of rotatable bonds is 8. The lowest BCUT2D eigenvalue weighted by atomic mass is 9.97. The lowest BCUT2D eigenvalue weighted by Gasteiger charge is -2.16. The third kappa shape index (κ3) is 9.53. The molecule has 0 N–H and O–H groups in total. The van der Waals surface area contributed by atoms with Gasteiger partial charge in [0.15, 0.2) is 11.6 Å². The molecule has 2 aromatic rings. The van der Waals surface area contributed by atoms with Gasteiger partial charge >= 0.3 is 11.9 Å². The Morgan fingerprint density at radius 2 is 0.914 bits per heavy atom. The first-order valence-electron chi connectivity index (χ1n) is 11.3. The number of ketones is 2. The molecule has 0 amide bonds. The number of carbonyl (C=O) groups is 4. The molecule has 0 aliphatic heterocycles. The number of hydrogen-bond donors (Lipinski definition) is 0. The summed E-state index contributed by atoms with van der Waals surface area (Å²) in [7, 11) is 0. The highest BCUT2D eigenvalue weighted by Crippen LogP contribution is 2.21. The summed E-state index contributed by atoms with van der Waals surface area (Å²) in [6.07, 6.45) is 5.65. The van der Waals surface area contributed by atoms with E-state index in [1.54, 1.807) is 102 Å². The van der Waals surface area contributed by atoms with E-state index in [-0.39, 0.29) is 29.9 Å². The summed E-state index contributed by atoms with van der Waals surface area (Å²) in [4.78, 5) is 48.1. The summed E-state index contributed by atoms with van der Waals surface area (Å²) in [5, 5.41) is 0. The van der Waals surface area contributed by atoms with Crippen molar-refractivity contribution in [1.29, 1.82) is 0 Å². The van der Waals surface area contributed by atoms with Gasteiger partial charge in [-0.1, -0.05) is 36.4 Å². The Hall–Kier alpha value is -3.80. The van der Waals surface area contributed by atoms with Crippen LogP contribution in [0.1, 0.15) is 59.1 Å². The monoisotopic (exact) mass is 476 g/mol. The van der Waals surface area contributed by atoms with Crippen molar-refractivity contribution in [2.24, 2.45) is 10.8 Å². The average Bonchev–Trinajstić information content (AvgIpc) is 2.77. The zero-order valence-electron chi connectivity index (χ0n) is 21.1. The minimum atomic E-state index is -0.601. The zero-order chi connectivity index (χ0) is 26.2. The van der Waals surface area contributed by atoms with Gasteiger partial charge in [-0.2, -0.15) is 0 Å². The van der Waals surface area contributed by atoms with Crippen LogP contribution in [0, 0.1) is 10.8 Å². The summed E-state index contributed by atoms with van der Waals surface area (Å²) in [5.41, 5.74) is 0.278. The first-order chi connectivity index (χ1) is 16.2. The number of ether oxygens (including phenoxy) is 2. The number of benzene rings is 2. The lowest BCUT2D eigenvalue weighted by molar-refractivity contribution is -0.143. The van der Waals surface area contributed by atoms with Crippen molar-refractivity contribution in [2.45, 2.75) is 48.0 Å². The van der Waals surface area contributed by atoms with E-state index >= 15 is 0 Å².